The highest BCUT2D eigenvalue weighted by atomic mass is 35.5. The fourth-order valence-electron chi connectivity index (χ4n) is 4.21. The lowest BCUT2D eigenvalue weighted by molar-refractivity contribution is -0.119. The quantitative estimate of drug-likeness (QED) is 0.633. The monoisotopic (exact) mass is 463 g/mol. The SMILES string of the molecule is C[C@@H]1CCCC[C@@H]1NC(=O)CSc1nnc(CN2CCOCC2)n1-c1ccc(Cl)cc1. The Hall–Kier alpha value is -1.61. The maximum Gasteiger partial charge on any atom is 0.230 e. The molecule has 7 nitrogen and oxygen atoms in total. The molecule has 1 aliphatic heterocycles. The van der Waals surface area contributed by atoms with E-state index in [9.17, 15) is 4.79 Å². The van der Waals surface area contributed by atoms with Crippen LogP contribution in [-0.2, 0) is 16.1 Å². The molecule has 0 spiro atoms. The molecular weight excluding hydrogens is 434 g/mol. The summed E-state index contributed by atoms with van der Waals surface area (Å²) in [5, 5.41) is 13.5. The molecule has 2 heterocycles. The molecule has 1 N–H and O–H groups in total. The van der Waals surface area contributed by atoms with Crippen LogP contribution in [0.5, 0.6) is 0 Å². The molecule has 2 aromatic rings. The van der Waals surface area contributed by atoms with Crippen molar-refractivity contribution in [2.75, 3.05) is 32.1 Å². The topological polar surface area (TPSA) is 72.3 Å². The van der Waals surface area contributed by atoms with Gasteiger partial charge in [0.1, 0.15) is 0 Å². The fourth-order valence-corrected chi connectivity index (χ4v) is 5.12. The van der Waals surface area contributed by atoms with Crippen molar-refractivity contribution in [1.29, 1.82) is 0 Å². The Morgan fingerprint density at radius 3 is 2.68 bits per heavy atom. The number of carbonyl (C=O) groups excluding carboxylic acids is 1. The highest BCUT2D eigenvalue weighted by molar-refractivity contribution is 7.99. The first kappa shape index (κ1) is 22.6. The Bertz CT molecular complexity index is 869. The van der Waals surface area contributed by atoms with E-state index >= 15 is 0 Å². The molecule has 4 rings (SSSR count). The van der Waals surface area contributed by atoms with Gasteiger partial charge in [-0.2, -0.15) is 0 Å². The fraction of sp³-hybridized carbons (Fsp3) is 0.591. The average molecular weight is 464 g/mol. The molecule has 31 heavy (non-hydrogen) atoms. The lowest BCUT2D eigenvalue weighted by Crippen LogP contribution is -2.41. The second kappa shape index (κ2) is 10.8. The van der Waals surface area contributed by atoms with E-state index in [0.717, 1.165) is 49.4 Å². The molecule has 1 aromatic heterocycles. The average Bonchev–Trinajstić information content (AvgIpc) is 3.17. The summed E-state index contributed by atoms with van der Waals surface area (Å²) in [6.07, 6.45) is 4.72. The number of benzene rings is 1. The van der Waals surface area contributed by atoms with Gasteiger partial charge in [-0.3, -0.25) is 14.3 Å². The lowest BCUT2D eigenvalue weighted by Gasteiger charge is -2.29. The molecule has 1 aliphatic carbocycles. The van der Waals surface area contributed by atoms with Gasteiger partial charge in [0.25, 0.3) is 0 Å². The van der Waals surface area contributed by atoms with Gasteiger partial charge >= 0.3 is 0 Å². The number of thioether (sulfide) groups is 1. The van der Waals surface area contributed by atoms with Crippen molar-refractivity contribution in [2.24, 2.45) is 5.92 Å². The minimum absolute atomic E-state index is 0.0594. The predicted molar refractivity (Wildman–Crippen MR) is 123 cm³/mol. The molecule has 2 fully saturated rings. The van der Waals surface area contributed by atoms with Crippen molar-refractivity contribution >= 4 is 29.3 Å². The van der Waals surface area contributed by atoms with Crippen molar-refractivity contribution in [3.05, 3.63) is 35.1 Å². The third-order valence-corrected chi connectivity index (χ3v) is 7.23. The molecule has 168 valence electrons. The van der Waals surface area contributed by atoms with Gasteiger partial charge in [0.15, 0.2) is 11.0 Å². The van der Waals surface area contributed by atoms with Crippen LogP contribution < -0.4 is 5.32 Å². The van der Waals surface area contributed by atoms with Crippen LogP contribution in [0.4, 0.5) is 0 Å². The first-order valence-corrected chi connectivity index (χ1v) is 12.4. The van der Waals surface area contributed by atoms with Crippen LogP contribution in [0.1, 0.15) is 38.4 Å². The molecule has 9 heteroatoms. The van der Waals surface area contributed by atoms with Gasteiger partial charge in [0.05, 0.1) is 25.5 Å². The summed E-state index contributed by atoms with van der Waals surface area (Å²) >= 11 is 7.52. The number of ether oxygens (including phenoxy) is 1. The van der Waals surface area contributed by atoms with Crippen molar-refractivity contribution in [1.82, 2.24) is 25.0 Å². The summed E-state index contributed by atoms with van der Waals surface area (Å²) in [4.78, 5) is 14.9. The Labute approximate surface area is 192 Å². The lowest BCUT2D eigenvalue weighted by atomic mass is 9.86. The van der Waals surface area contributed by atoms with Crippen LogP contribution in [0.25, 0.3) is 5.69 Å². The molecule has 2 aliphatic rings. The molecule has 2 atom stereocenters. The van der Waals surface area contributed by atoms with Crippen LogP contribution >= 0.6 is 23.4 Å². The first-order chi connectivity index (χ1) is 15.1. The van der Waals surface area contributed by atoms with Crippen LogP contribution in [0.2, 0.25) is 5.02 Å². The summed E-state index contributed by atoms with van der Waals surface area (Å²) in [7, 11) is 0. The maximum atomic E-state index is 12.6. The highest BCUT2D eigenvalue weighted by Crippen LogP contribution is 2.26. The van der Waals surface area contributed by atoms with Gasteiger partial charge in [-0.1, -0.05) is 43.1 Å². The number of nitrogens with one attached hydrogen (secondary N) is 1. The van der Waals surface area contributed by atoms with Crippen molar-refractivity contribution in [3.63, 3.8) is 0 Å². The second-order valence-electron chi connectivity index (χ2n) is 8.32. The summed E-state index contributed by atoms with van der Waals surface area (Å²) in [5.74, 6) is 1.78. The van der Waals surface area contributed by atoms with Gasteiger partial charge in [-0.05, 0) is 43.0 Å². The van der Waals surface area contributed by atoms with Crippen LogP contribution in [0, 0.1) is 5.92 Å². The van der Waals surface area contributed by atoms with Gasteiger partial charge in [0.2, 0.25) is 5.91 Å². The number of rotatable bonds is 7. The number of hydrogen-bond acceptors (Lipinski definition) is 6. The van der Waals surface area contributed by atoms with E-state index in [1.807, 2.05) is 28.8 Å². The number of nitrogens with zero attached hydrogens (tertiary/aromatic N) is 4. The minimum atomic E-state index is 0.0594. The molecule has 1 saturated heterocycles. The van der Waals surface area contributed by atoms with E-state index < -0.39 is 0 Å². The first-order valence-electron chi connectivity index (χ1n) is 11.0. The predicted octanol–water partition coefficient (Wildman–Crippen LogP) is 3.54. The molecule has 0 radical (unpaired) electrons. The zero-order valence-electron chi connectivity index (χ0n) is 17.9. The standard InChI is InChI=1S/C22H30ClN5O2S/c1-16-4-2-3-5-19(16)24-21(29)15-31-22-26-25-20(14-27-10-12-30-13-11-27)28(22)18-8-6-17(23)7-9-18/h6-9,16,19H,2-5,10-15H2,1H3,(H,24,29)/t16-,19+/m1/s1. The molecular formula is C22H30ClN5O2S. The van der Waals surface area contributed by atoms with Gasteiger partial charge in [0, 0.05) is 29.8 Å². The molecule has 0 bridgehead atoms. The Morgan fingerprint density at radius 1 is 1.19 bits per heavy atom. The zero-order valence-corrected chi connectivity index (χ0v) is 19.5. The Balaban J connectivity index is 1.47. The van der Waals surface area contributed by atoms with E-state index in [-0.39, 0.29) is 11.9 Å². The smallest absolute Gasteiger partial charge is 0.230 e. The van der Waals surface area contributed by atoms with E-state index in [1.165, 1.54) is 31.0 Å². The normalized spacial score (nSPS) is 22.4. The maximum absolute atomic E-state index is 12.6. The minimum Gasteiger partial charge on any atom is -0.379 e. The number of morpholine rings is 1. The number of hydrogen-bond donors (Lipinski definition) is 1. The van der Waals surface area contributed by atoms with Crippen molar-refractivity contribution < 1.29 is 9.53 Å². The van der Waals surface area contributed by atoms with Crippen molar-refractivity contribution in [3.8, 4) is 5.69 Å². The summed E-state index contributed by atoms with van der Waals surface area (Å²) in [6.45, 7) is 6.13. The molecule has 1 amide bonds. The number of amides is 1. The summed E-state index contributed by atoms with van der Waals surface area (Å²) in [6, 6.07) is 7.93. The molecule has 1 aromatic carbocycles. The number of halogens is 1. The van der Waals surface area contributed by atoms with Crippen LogP contribution in [0.3, 0.4) is 0 Å². The molecule has 1 saturated carbocycles. The highest BCUT2D eigenvalue weighted by Gasteiger charge is 2.24. The van der Waals surface area contributed by atoms with E-state index in [2.05, 4.69) is 27.3 Å². The molecule has 0 unspecified atom stereocenters. The van der Waals surface area contributed by atoms with Gasteiger partial charge < -0.3 is 10.1 Å². The number of carbonyl (C=O) groups is 1. The van der Waals surface area contributed by atoms with E-state index in [4.69, 9.17) is 16.3 Å². The van der Waals surface area contributed by atoms with Crippen LogP contribution in [-0.4, -0.2) is 63.7 Å². The second-order valence-corrected chi connectivity index (χ2v) is 9.70. The van der Waals surface area contributed by atoms with Crippen LogP contribution in [0.15, 0.2) is 29.4 Å². The Kier molecular flexibility index (Phi) is 7.87. The largest absolute Gasteiger partial charge is 0.379 e. The third kappa shape index (κ3) is 6.00. The van der Waals surface area contributed by atoms with E-state index in [0.29, 0.717) is 23.2 Å². The van der Waals surface area contributed by atoms with E-state index in [1.54, 1.807) is 0 Å². The van der Waals surface area contributed by atoms with Gasteiger partial charge in [-0.15, -0.1) is 10.2 Å². The number of aromatic nitrogens is 3. The van der Waals surface area contributed by atoms with Crippen molar-refractivity contribution in [2.45, 2.75) is 50.4 Å². The third-order valence-electron chi connectivity index (χ3n) is 6.04. The zero-order chi connectivity index (χ0) is 21.6. The summed E-state index contributed by atoms with van der Waals surface area (Å²) < 4.78 is 7.49. The van der Waals surface area contributed by atoms with Gasteiger partial charge in [-0.25, -0.2) is 0 Å². The summed E-state index contributed by atoms with van der Waals surface area (Å²) in [5.41, 5.74) is 0.946. The Morgan fingerprint density at radius 2 is 1.94 bits per heavy atom.